The zero-order valence-corrected chi connectivity index (χ0v) is 16.6. The van der Waals surface area contributed by atoms with Gasteiger partial charge in [0.05, 0.1) is 0 Å². The Balaban J connectivity index is 1.43. The third-order valence-electron chi connectivity index (χ3n) is 5.88. The van der Waals surface area contributed by atoms with Gasteiger partial charge < -0.3 is 14.7 Å². The zero-order valence-electron chi connectivity index (χ0n) is 16.6. The fourth-order valence-corrected chi connectivity index (χ4v) is 4.27. The van der Waals surface area contributed by atoms with Crippen LogP contribution in [0.1, 0.15) is 35.2 Å². The maximum Gasteiger partial charge on any atom is 0.253 e. The first kappa shape index (κ1) is 18.5. The van der Waals surface area contributed by atoms with E-state index in [4.69, 9.17) is 0 Å². The molecular weight excluding hydrogens is 350 g/mol. The lowest BCUT2D eigenvalue weighted by Gasteiger charge is -2.41. The molecule has 0 unspecified atom stereocenters. The highest BCUT2D eigenvalue weighted by Gasteiger charge is 2.33. The van der Waals surface area contributed by atoms with Gasteiger partial charge >= 0.3 is 0 Å². The van der Waals surface area contributed by atoms with Crippen molar-refractivity contribution in [3.63, 3.8) is 0 Å². The van der Waals surface area contributed by atoms with Crippen LogP contribution in [0.4, 0.5) is 11.4 Å². The van der Waals surface area contributed by atoms with E-state index < -0.39 is 0 Å². The van der Waals surface area contributed by atoms with Crippen molar-refractivity contribution in [2.75, 3.05) is 37.0 Å². The number of aryl methyl sites for hydroxylation is 1. The van der Waals surface area contributed by atoms with Crippen molar-refractivity contribution in [1.29, 1.82) is 0 Å². The molecule has 2 aliphatic heterocycles. The monoisotopic (exact) mass is 377 g/mol. The normalized spacial score (nSPS) is 17.4. The van der Waals surface area contributed by atoms with E-state index in [2.05, 4.69) is 12.1 Å². The smallest absolute Gasteiger partial charge is 0.253 e. The number of hydrogen-bond donors (Lipinski definition) is 0. The van der Waals surface area contributed by atoms with E-state index in [1.807, 2.05) is 65.2 Å². The molecule has 2 aromatic carbocycles. The van der Waals surface area contributed by atoms with Crippen LogP contribution in [0.2, 0.25) is 0 Å². The van der Waals surface area contributed by atoms with Gasteiger partial charge in [-0.05, 0) is 55.2 Å². The van der Waals surface area contributed by atoms with Gasteiger partial charge in [0, 0.05) is 56.6 Å². The van der Waals surface area contributed by atoms with E-state index >= 15 is 0 Å². The Bertz CT molecular complexity index is 868. The number of likely N-dealkylation sites (tertiary alicyclic amines) is 1. The van der Waals surface area contributed by atoms with Crippen LogP contribution < -0.4 is 9.80 Å². The summed E-state index contributed by atoms with van der Waals surface area (Å²) in [5.74, 6) is 0.289. The molecule has 2 amide bonds. The molecule has 0 spiro atoms. The van der Waals surface area contributed by atoms with Crippen LogP contribution in [0, 0.1) is 0 Å². The van der Waals surface area contributed by atoms with E-state index in [0.717, 1.165) is 36.2 Å². The number of piperidine rings is 1. The highest BCUT2D eigenvalue weighted by Crippen LogP contribution is 2.32. The Morgan fingerprint density at radius 2 is 1.64 bits per heavy atom. The van der Waals surface area contributed by atoms with E-state index in [1.165, 1.54) is 5.56 Å². The third-order valence-corrected chi connectivity index (χ3v) is 5.88. The summed E-state index contributed by atoms with van der Waals surface area (Å²) < 4.78 is 0. The zero-order chi connectivity index (χ0) is 19.7. The molecule has 0 aromatic heterocycles. The topological polar surface area (TPSA) is 43.9 Å². The molecule has 5 nitrogen and oxygen atoms in total. The van der Waals surface area contributed by atoms with Crippen LogP contribution in [0.5, 0.6) is 0 Å². The third kappa shape index (κ3) is 3.49. The van der Waals surface area contributed by atoms with Gasteiger partial charge in [-0.2, -0.15) is 0 Å². The van der Waals surface area contributed by atoms with Crippen molar-refractivity contribution in [3.05, 3.63) is 59.7 Å². The van der Waals surface area contributed by atoms with Crippen LogP contribution >= 0.6 is 0 Å². The van der Waals surface area contributed by atoms with Crippen molar-refractivity contribution >= 4 is 23.2 Å². The van der Waals surface area contributed by atoms with Gasteiger partial charge in [-0.1, -0.05) is 18.2 Å². The Morgan fingerprint density at radius 1 is 0.964 bits per heavy atom. The average Bonchev–Trinajstić information content (AvgIpc) is 2.73. The summed E-state index contributed by atoms with van der Waals surface area (Å²) in [6, 6.07) is 16.1. The summed E-state index contributed by atoms with van der Waals surface area (Å²) in [6.45, 7) is 1.37. The molecule has 4 rings (SSSR count). The van der Waals surface area contributed by atoms with E-state index in [0.29, 0.717) is 19.5 Å². The standard InChI is InChI=1S/C23H27N3O2/c1-24(2)19-10-7-18(8-11-19)23(28)25-15-13-20(14-16-25)26-21-6-4-3-5-17(21)9-12-22(26)27/h3-8,10-11,20H,9,12-16H2,1-2H3. The van der Waals surface area contributed by atoms with Crippen molar-refractivity contribution in [2.24, 2.45) is 0 Å². The second-order valence-electron chi connectivity index (χ2n) is 7.86. The van der Waals surface area contributed by atoms with E-state index in [1.54, 1.807) is 0 Å². The molecule has 2 aliphatic rings. The van der Waals surface area contributed by atoms with Crippen molar-refractivity contribution < 1.29 is 9.59 Å². The molecule has 0 radical (unpaired) electrons. The van der Waals surface area contributed by atoms with Crippen molar-refractivity contribution in [1.82, 2.24) is 4.90 Å². The molecule has 5 heteroatoms. The highest BCUT2D eigenvalue weighted by atomic mass is 16.2. The largest absolute Gasteiger partial charge is 0.378 e. The molecule has 1 fully saturated rings. The first-order valence-electron chi connectivity index (χ1n) is 10.0. The molecule has 0 atom stereocenters. The lowest BCUT2D eigenvalue weighted by Crippen LogP contribution is -2.50. The Hall–Kier alpha value is -2.82. The number of rotatable bonds is 3. The van der Waals surface area contributed by atoms with Gasteiger partial charge in [-0.15, -0.1) is 0 Å². The van der Waals surface area contributed by atoms with Crippen LogP contribution in [0.3, 0.4) is 0 Å². The van der Waals surface area contributed by atoms with Gasteiger partial charge in [0.15, 0.2) is 0 Å². The molecule has 28 heavy (non-hydrogen) atoms. The lowest BCUT2D eigenvalue weighted by atomic mass is 9.95. The first-order valence-corrected chi connectivity index (χ1v) is 10.0. The second-order valence-corrected chi connectivity index (χ2v) is 7.86. The lowest BCUT2D eigenvalue weighted by molar-refractivity contribution is -0.119. The molecule has 2 heterocycles. The predicted octanol–water partition coefficient (Wildman–Crippen LogP) is 3.34. The number of carbonyl (C=O) groups excluding carboxylic acids is 2. The summed E-state index contributed by atoms with van der Waals surface area (Å²) in [5.41, 5.74) is 4.12. The minimum Gasteiger partial charge on any atom is -0.378 e. The van der Waals surface area contributed by atoms with Crippen LogP contribution in [-0.2, 0) is 11.2 Å². The molecule has 146 valence electrons. The van der Waals surface area contributed by atoms with Gasteiger partial charge in [0.1, 0.15) is 0 Å². The Morgan fingerprint density at radius 3 is 2.32 bits per heavy atom. The fourth-order valence-electron chi connectivity index (χ4n) is 4.27. The number of para-hydroxylation sites is 1. The number of nitrogens with zero attached hydrogens (tertiary/aromatic N) is 3. The highest BCUT2D eigenvalue weighted by molar-refractivity contribution is 5.97. The SMILES string of the molecule is CN(C)c1ccc(C(=O)N2CCC(N3C(=O)CCc4ccccc43)CC2)cc1. The van der Waals surface area contributed by atoms with Crippen LogP contribution in [0.25, 0.3) is 0 Å². The average molecular weight is 377 g/mol. The van der Waals surface area contributed by atoms with Crippen LogP contribution in [0.15, 0.2) is 48.5 Å². The number of benzene rings is 2. The number of carbonyl (C=O) groups is 2. The fraction of sp³-hybridized carbons (Fsp3) is 0.391. The van der Waals surface area contributed by atoms with E-state index in [-0.39, 0.29) is 17.9 Å². The molecule has 1 saturated heterocycles. The molecule has 0 aliphatic carbocycles. The number of amides is 2. The quantitative estimate of drug-likeness (QED) is 0.824. The first-order chi connectivity index (χ1) is 13.5. The minimum absolute atomic E-state index is 0.0779. The number of fused-ring (bicyclic) bond motifs is 1. The second kappa shape index (κ2) is 7.66. The maximum atomic E-state index is 12.9. The summed E-state index contributed by atoms with van der Waals surface area (Å²) >= 11 is 0. The molecule has 0 N–H and O–H groups in total. The molecular formula is C23H27N3O2. The number of anilines is 2. The molecule has 0 bridgehead atoms. The van der Waals surface area contributed by atoms with Gasteiger partial charge in [-0.3, -0.25) is 9.59 Å². The van der Waals surface area contributed by atoms with Crippen molar-refractivity contribution in [2.45, 2.75) is 31.7 Å². The number of hydrogen-bond acceptors (Lipinski definition) is 3. The van der Waals surface area contributed by atoms with Gasteiger partial charge in [0.25, 0.3) is 5.91 Å². The summed E-state index contributed by atoms with van der Waals surface area (Å²) in [6.07, 6.45) is 3.04. The minimum atomic E-state index is 0.0779. The maximum absolute atomic E-state index is 12.9. The van der Waals surface area contributed by atoms with Crippen molar-refractivity contribution in [3.8, 4) is 0 Å². The van der Waals surface area contributed by atoms with Gasteiger partial charge in [-0.25, -0.2) is 0 Å². The summed E-state index contributed by atoms with van der Waals surface area (Å²) in [7, 11) is 3.98. The molecule has 2 aromatic rings. The molecule has 0 saturated carbocycles. The summed E-state index contributed by atoms with van der Waals surface area (Å²) in [5, 5.41) is 0. The van der Waals surface area contributed by atoms with Crippen LogP contribution in [-0.4, -0.2) is 49.9 Å². The van der Waals surface area contributed by atoms with E-state index in [9.17, 15) is 9.59 Å². The van der Waals surface area contributed by atoms with Gasteiger partial charge in [0.2, 0.25) is 5.91 Å². The predicted molar refractivity (Wildman–Crippen MR) is 112 cm³/mol. The Labute approximate surface area is 166 Å². The summed E-state index contributed by atoms with van der Waals surface area (Å²) in [4.78, 5) is 31.4. The Kier molecular flexibility index (Phi) is 5.07.